The van der Waals surface area contributed by atoms with Gasteiger partial charge in [0, 0.05) is 43.3 Å². The van der Waals surface area contributed by atoms with Crippen molar-refractivity contribution in [2.24, 2.45) is 16.7 Å². The van der Waals surface area contributed by atoms with Gasteiger partial charge in [-0.3, -0.25) is 4.90 Å². The zero-order valence-corrected chi connectivity index (χ0v) is 14.3. The van der Waals surface area contributed by atoms with Gasteiger partial charge >= 0.3 is 0 Å². The molecular weight excluding hydrogens is 294 g/mol. The molecule has 4 saturated heterocycles. The molecule has 124 valence electrons. The molecule has 5 rings (SSSR count). The average Bonchev–Trinajstić information content (AvgIpc) is 2.94. The van der Waals surface area contributed by atoms with E-state index in [0.29, 0.717) is 23.1 Å². The third-order valence-electron chi connectivity index (χ3n) is 7.13. The molecular formula is C17H29N3OS. The van der Waals surface area contributed by atoms with E-state index in [0.717, 1.165) is 25.6 Å². The number of hydrogen-bond donors (Lipinski definition) is 2. The van der Waals surface area contributed by atoms with Gasteiger partial charge in [0.05, 0.1) is 18.9 Å². The Kier molecular flexibility index (Phi) is 3.53. The first kappa shape index (κ1) is 14.5. The first-order valence-electron chi connectivity index (χ1n) is 9.19. The van der Waals surface area contributed by atoms with Crippen LogP contribution >= 0.6 is 11.8 Å². The first-order chi connectivity index (χ1) is 10.8. The highest BCUT2D eigenvalue weighted by molar-refractivity contribution is 7.99. The molecule has 2 N–H and O–H groups in total. The van der Waals surface area contributed by atoms with E-state index in [1.54, 1.807) is 0 Å². The van der Waals surface area contributed by atoms with Crippen molar-refractivity contribution in [1.82, 2.24) is 15.5 Å². The maximum atomic E-state index is 6.26. The molecule has 4 nitrogen and oxygen atoms in total. The van der Waals surface area contributed by atoms with Gasteiger partial charge in [0.25, 0.3) is 0 Å². The monoisotopic (exact) mass is 323 g/mol. The maximum absolute atomic E-state index is 6.26. The normalized spacial score (nSPS) is 47.7. The van der Waals surface area contributed by atoms with Crippen LogP contribution in [0.1, 0.15) is 25.7 Å². The molecule has 5 fully saturated rings. The highest BCUT2D eigenvalue weighted by Crippen LogP contribution is 2.56. The third-order valence-corrected chi connectivity index (χ3v) is 8.41. The van der Waals surface area contributed by atoms with Crippen molar-refractivity contribution in [3.63, 3.8) is 0 Å². The van der Waals surface area contributed by atoms with Crippen LogP contribution in [-0.2, 0) is 4.74 Å². The molecule has 4 aliphatic heterocycles. The minimum absolute atomic E-state index is 0.458. The van der Waals surface area contributed by atoms with Crippen LogP contribution in [0.3, 0.4) is 0 Å². The molecule has 4 heterocycles. The molecule has 0 aromatic carbocycles. The SMILES string of the molecule is C1CC2(CCSC2)C(N2CCOC(C3CNCC34CC4)C2)N1. The number of rotatable bonds is 2. The van der Waals surface area contributed by atoms with Crippen LogP contribution in [0.4, 0.5) is 0 Å². The largest absolute Gasteiger partial charge is 0.375 e. The summed E-state index contributed by atoms with van der Waals surface area (Å²) >= 11 is 2.17. The number of nitrogens with one attached hydrogen (secondary N) is 2. The Morgan fingerprint density at radius 1 is 1.14 bits per heavy atom. The minimum atomic E-state index is 0.458. The summed E-state index contributed by atoms with van der Waals surface area (Å²) in [4.78, 5) is 2.75. The first-order valence-corrected chi connectivity index (χ1v) is 10.3. The zero-order valence-electron chi connectivity index (χ0n) is 13.5. The van der Waals surface area contributed by atoms with Crippen molar-refractivity contribution in [3.05, 3.63) is 0 Å². The molecule has 22 heavy (non-hydrogen) atoms. The molecule has 5 heteroatoms. The van der Waals surface area contributed by atoms with E-state index in [2.05, 4.69) is 27.3 Å². The average molecular weight is 324 g/mol. The Morgan fingerprint density at radius 3 is 2.91 bits per heavy atom. The van der Waals surface area contributed by atoms with Gasteiger partial charge in [-0.1, -0.05) is 0 Å². The summed E-state index contributed by atoms with van der Waals surface area (Å²) in [5.41, 5.74) is 1.16. The summed E-state index contributed by atoms with van der Waals surface area (Å²) in [7, 11) is 0. The van der Waals surface area contributed by atoms with Gasteiger partial charge in [0.2, 0.25) is 0 Å². The number of morpholine rings is 1. The van der Waals surface area contributed by atoms with Crippen molar-refractivity contribution < 1.29 is 4.74 Å². The van der Waals surface area contributed by atoms with Crippen LogP contribution in [-0.4, -0.2) is 68.0 Å². The Hall–Kier alpha value is 0.190. The van der Waals surface area contributed by atoms with Gasteiger partial charge in [-0.25, -0.2) is 0 Å². The van der Waals surface area contributed by atoms with E-state index in [4.69, 9.17) is 4.74 Å². The zero-order chi connectivity index (χ0) is 14.6. The Morgan fingerprint density at radius 2 is 2.09 bits per heavy atom. The molecule has 4 atom stereocenters. The van der Waals surface area contributed by atoms with E-state index in [1.807, 2.05) is 0 Å². The van der Waals surface area contributed by atoms with E-state index in [-0.39, 0.29) is 0 Å². The van der Waals surface area contributed by atoms with Gasteiger partial charge in [0.15, 0.2) is 0 Å². The van der Waals surface area contributed by atoms with Gasteiger partial charge in [-0.2, -0.15) is 11.8 Å². The fourth-order valence-corrected chi connectivity index (χ4v) is 7.14. The summed E-state index contributed by atoms with van der Waals surface area (Å²) < 4.78 is 6.26. The summed E-state index contributed by atoms with van der Waals surface area (Å²) in [5.74, 6) is 3.48. The van der Waals surface area contributed by atoms with E-state index in [9.17, 15) is 0 Å². The minimum Gasteiger partial charge on any atom is -0.375 e. The van der Waals surface area contributed by atoms with Crippen LogP contribution in [0.25, 0.3) is 0 Å². The van der Waals surface area contributed by atoms with Crippen molar-refractivity contribution in [3.8, 4) is 0 Å². The maximum Gasteiger partial charge on any atom is 0.0749 e. The van der Waals surface area contributed by atoms with E-state index in [1.165, 1.54) is 56.8 Å². The molecule has 4 unspecified atom stereocenters. The topological polar surface area (TPSA) is 36.5 Å². The molecule has 0 radical (unpaired) electrons. The second kappa shape index (κ2) is 5.35. The number of nitrogens with zero attached hydrogens (tertiary/aromatic N) is 1. The predicted molar refractivity (Wildman–Crippen MR) is 90.1 cm³/mol. The predicted octanol–water partition coefficient (Wildman–Crippen LogP) is 1.13. The van der Waals surface area contributed by atoms with Crippen molar-refractivity contribution in [1.29, 1.82) is 0 Å². The van der Waals surface area contributed by atoms with Crippen LogP contribution in [0.15, 0.2) is 0 Å². The van der Waals surface area contributed by atoms with Gasteiger partial charge in [-0.15, -0.1) is 0 Å². The molecule has 5 aliphatic rings. The van der Waals surface area contributed by atoms with Gasteiger partial charge in [-0.05, 0) is 43.4 Å². The molecule has 0 bridgehead atoms. The van der Waals surface area contributed by atoms with Gasteiger partial charge < -0.3 is 15.4 Å². The summed E-state index contributed by atoms with van der Waals surface area (Å²) in [6.07, 6.45) is 6.70. The fraction of sp³-hybridized carbons (Fsp3) is 1.00. The second-order valence-corrected chi connectivity index (χ2v) is 9.38. The summed E-state index contributed by atoms with van der Waals surface area (Å²) in [6, 6.07) is 0. The lowest BCUT2D eigenvalue weighted by atomic mass is 9.82. The van der Waals surface area contributed by atoms with Crippen LogP contribution in [0, 0.1) is 16.7 Å². The van der Waals surface area contributed by atoms with Gasteiger partial charge in [0.1, 0.15) is 0 Å². The van der Waals surface area contributed by atoms with Crippen LogP contribution in [0.5, 0.6) is 0 Å². The third kappa shape index (κ3) is 2.20. The fourth-order valence-electron chi connectivity index (χ4n) is 5.60. The lowest BCUT2D eigenvalue weighted by Crippen LogP contribution is -2.58. The highest BCUT2D eigenvalue weighted by atomic mass is 32.2. The lowest BCUT2D eigenvalue weighted by Gasteiger charge is -2.44. The van der Waals surface area contributed by atoms with E-state index >= 15 is 0 Å². The Labute approximate surface area is 138 Å². The number of thioether (sulfide) groups is 1. The second-order valence-electron chi connectivity index (χ2n) is 8.28. The highest BCUT2D eigenvalue weighted by Gasteiger charge is 2.56. The quantitative estimate of drug-likeness (QED) is 0.797. The Balaban J connectivity index is 1.31. The molecule has 0 amide bonds. The number of hydrogen-bond acceptors (Lipinski definition) is 5. The molecule has 0 aromatic heterocycles. The Bertz CT molecular complexity index is 430. The van der Waals surface area contributed by atoms with Crippen molar-refractivity contribution in [2.75, 3.05) is 50.8 Å². The molecule has 1 saturated carbocycles. The van der Waals surface area contributed by atoms with Crippen molar-refractivity contribution >= 4 is 11.8 Å². The van der Waals surface area contributed by atoms with Crippen LogP contribution in [0.2, 0.25) is 0 Å². The lowest BCUT2D eigenvalue weighted by molar-refractivity contribution is -0.0901. The summed E-state index contributed by atoms with van der Waals surface area (Å²) in [6.45, 7) is 6.82. The van der Waals surface area contributed by atoms with E-state index < -0.39 is 0 Å². The number of ether oxygens (including phenoxy) is 1. The molecule has 0 aromatic rings. The standard InChI is InChI=1S/C17H29N3OS/c1-2-16(1)11-18-9-13(16)14-10-20(6-7-21-14)15-17(3-5-19-15)4-8-22-12-17/h13-15,18-19H,1-12H2. The molecule has 1 aliphatic carbocycles. The van der Waals surface area contributed by atoms with Crippen molar-refractivity contribution in [2.45, 2.75) is 38.0 Å². The van der Waals surface area contributed by atoms with Crippen LogP contribution < -0.4 is 10.6 Å². The smallest absolute Gasteiger partial charge is 0.0749 e. The molecule has 2 spiro atoms. The summed E-state index contributed by atoms with van der Waals surface area (Å²) in [5, 5.41) is 7.49.